The Morgan fingerprint density at radius 2 is 1.48 bits per heavy atom. The summed E-state index contributed by atoms with van der Waals surface area (Å²) in [5, 5.41) is 0. The van der Waals surface area contributed by atoms with Crippen molar-refractivity contribution >= 4 is 10.0 Å². The molecular formula is C24H35N3O3S. The Morgan fingerprint density at radius 1 is 0.935 bits per heavy atom. The van der Waals surface area contributed by atoms with Crippen molar-refractivity contribution in [1.82, 2.24) is 14.2 Å². The van der Waals surface area contributed by atoms with Gasteiger partial charge in [-0.25, -0.2) is 8.42 Å². The molecule has 0 saturated carbocycles. The first-order valence-electron chi connectivity index (χ1n) is 11.0. The number of ether oxygens (including phenoxy) is 1. The number of nitrogens with zero attached hydrogens (tertiary/aromatic N) is 3. The molecule has 1 aromatic heterocycles. The molecule has 0 bridgehead atoms. The second kappa shape index (κ2) is 10.2. The van der Waals surface area contributed by atoms with E-state index in [1.165, 1.54) is 5.56 Å². The number of aromatic nitrogens is 1. The van der Waals surface area contributed by atoms with Crippen LogP contribution in [0.5, 0.6) is 0 Å². The van der Waals surface area contributed by atoms with Crippen molar-refractivity contribution in [3.63, 3.8) is 0 Å². The molecule has 0 radical (unpaired) electrons. The molecule has 1 aromatic carbocycles. The van der Waals surface area contributed by atoms with Crippen LogP contribution in [0.2, 0.25) is 0 Å². The summed E-state index contributed by atoms with van der Waals surface area (Å²) in [5.41, 5.74) is 5.93. The molecule has 0 unspecified atom stereocenters. The number of rotatable bonds is 8. The molecule has 0 atom stereocenters. The smallest absolute Gasteiger partial charge is 0.243 e. The second-order valence-corrected chi connectivity index (χ2v) is 10.3. The summed E-state index contributed by atoms with van der Waals surface area (Å²) >= 11 is 0. The lowest BCUT2D eigenvalue weighted by Gasteiger charge is -2.29. The minimum atomic E-state index is -3.66. The summed E-state index contributed by atoms with van der Waals surface area (Å²) in [7, 11) is -3.66. The van der Waals surface area contributed by atoms with Crippen molar-refractivity contribution in [3.8, 4) is 0 Å². The Hall–Kier alpha value is -1.80. The van der Waals surface area contributed by atoms with Crippen molar-refractivity contribution in [2.45, 2.75) is 52.5 Å². The summed E-state index contributed by atoms with van der Waals surface area (Å²) in [6.45, 7) is 15.0. The van der Waals surface area contributed by atoms with Crippen molar-refractivity contribution < 1.29 is 13.2 Å². The Kier molecular flexibility index (Phi) is 7.86. The first-order chi connectivity index (χ1) is 14.7. The molecule has 31 heavy (non-hydrogen) atoms. The van der Waals surface area contributed by atoms with E-state index in [-0.39, 0.29) is 0 Å². The zero-order chi connectivity index (χ0) is 22.6. The van der Waals surface area contributed by atoms with Crippen molar-refractivity contribution in [1.29, 1.82) is 0 Å². The highest BCUT2D eigenvalue weighted by molar-refractivity contribution is 7.89. The van der Waals surface area contributed by atoms with Crippen LogP contribution in [0, 0.1) is 34.6 Å². The lowest BCUT2D eigenvalue weighted by atomic mass is 9.95. The summed E-state index contributed by atoms with van der Waals surface area (Å²) in [6.07, 6.45) is 4.21. The van der Waals surface area contributed by atoms with E-state index in [1.807, 2.05) is 39.8 Å². The predicted molar refractivity (Wildman–Crippen MR) is 124 cm³/mol. The number of sulfonamides is 1. The van der Waals surface area contributed by atoms with E-state index in [0.717, 1.165) is 67.1 Å². The van der Waals surface area contributed by atoms with Gasteiger partial charge in [-0.3, -0.25) is 9.88 Å². The molecule has 7 heteroatoms. The van der Waals surface area contributed by atoms with Crippen LogP contribution in [0.4, 0.5) is 0 Å². The molecule has 3 rings (SSSR count). The molecule has 1 saturated heterocycles. The monoisotopic (exact) mass is 445 g/mol. The number of hydrogen-bond acceptors (Lipinski definition) is 5. The minimum absolute atomic E-state index is 0.346. The van der Waals surface area contributed by atoms with E-state index in [9.17, 15) is 8.42 Å². The third-order valence-corrected chi connectivity index (χ3v) is 8.74. The topological polar surface area (TPSA) is 62.7 Å². The molecule has 2 aromatic rings. The molecular weight excluding hydrogens is 410 g/mol. The van der Waals surface area contributed by atoms with Gasteiger partial charge in [0.1, 0.15) is 0 Å². The fourth-order valence-corrected chi connectivity index (χ4v) is 6.28. The Morgan fingerprint density at radius 3 is 2.06 bits per heavy atom. The predicted octanol–water partition coefficient (Wildman–Crippen LogP) is 3.54. The lowest BCUT2D eigenvalue weighted by Crippen LogP contribution is -2.39. The van der Waals surface area contributed by atoms with Crippen LogP contribution in [-0.2, 0) is 21.3 Å². The average molecular weight is 446 g/mol. The van der Waals surface area contributed by atoms with Crippen LogP contribution < -0.4 is 0 Å². The van der Waals surface area contributed by atoms with Gasteiger partial charge in [0.15, 0.2) is 0 Å². The number of morpholine rings is 1. The van der Waals surface area contributed by atoms with E-state index >= 15 is 0 Å². The third kappa shape index (κ3) is 5.34. The number of benzene rings is 1. The van der Waals surface area contributed by atoms with Crippen molar-refractivity contribution in [2.75, 3.05) is 39.4 Å². The van der Waals surface area contributed by atoms with Crippen LogP contribution in [0.1, 0.15) is 39.8 Å². The summed E-state index contributed by atoms with van der Waals surface area (Å²) < 4.78 is 35.0. The largest absolute Gasteiger partial charge is 0.379 e. The van der Waals surface area contributed by atoms with Gasteiger partial charge in [0.25, 0.3) is 0 Å². The van der Waals surface area contributed by atoms with Gasteiger partial charge in [0.05, 0.1) is 18.1 Å². The van der Waals surface area contributed by atoms with Gasteiger partial charge in [-0.15, -0.1) is 0 Å². The van der Waals surface area contributed by atoms with E-state index in [2.05, 4.69) is 16.8 Å². The first-order valence-corrected chi connectivity index (χ1v) is 12.4. The van der Waals surface area contributed by atoms with Gasteiger partial charge in [0.2, 0.25) is 10.0 Å². The highest BCUT2D eigenvalue weighted by atomic mass is 32.2. The van der Waals surface area contributed by atoms with E-state index in [1.54, 1.807) is 16.7 Å². The number of pyridine rings is 1. The fraction of sp³-hybridized carbons (Fsp3) is 0.542. The van der Waals surface area contributed by atoms with Gasteiger partial charge in [-0.1, -0.05) is 0 Å². The van der Waals surface area contributed by atoms with Crippen LogP contribution in [-0.4, -0.2) is 62.0 Å². The van der Waals surface area contributed by atoms with Gasteiger partial charge < -0.3 is 4.74 Å². The zero-order valence-electron chi connectivity index (χ0n) is 19.4. The molecule has 0 N–H and O–H groups in total. The second-order valence-electron chi connectivity index (χ2n) is 8.46. The molecule has 1 aliphatic rings. The van der Waals surface area contributed by atoms with Crippen LogP contribution >= 0.6 is 0 Å². The summed E-state index contributed by atoms with van der Waals surface area (Å²) in [5.74, 6) is 0. The van der Waals surface area contributed by atoms with Gasteiger partial charge >= 0.3 is 0 Å². The zero-order valence-corrected chi connectivity index (χ0v) is 20.3. The maximum absolute atomic E-state index is 14.0. The SMILES string of the molecule is Cc1c(C)c(C)c(S(=O)(=O)N(CCCN2CCOCC2)Cc2ccncc2)c(C)c1C. The maximum Gasteiger partial charge on any atom is 0.243 e. The van der Waals surface area contributed by atoms with Crippen molar-refractivity contribution in [2.24, 2.45) is 0 Å². The quantitative estimate of drug-likeness (QED) is 0.622. The molecule has 2 heterocycles. The molecule has 6 nitrogen and oxygen atoms in total. The number of hydrogen-bond donors (Lipinski definition) is 0. The molecule has 1 aliphatic heterocycles. The van der Waals surface area contributed by atoms with E-state index in [4.69, 9.17) is 4.74 Å². The van der Waals surface area contributed by atoms with E-state index in [0.29, 0.717) is 18.0 Å². The molecule has 0 amide bonds. The molecule has 0 spiro atoms. The Labute approximate surface area is 187 Å². The maximum atomic E-state index is 14.0. The van der Waals surface area contributed by atoms with Crippen LogP contribution in [0.3, 0.4) is 0 Å². The Balaban J connectivity index is 1.91. The molecule has 170 valence electrons. The normalized spacial score (nSPS) is 15.5. The van der Waals surface area contributed by atoms with Gasteiger partial charge in [-0.2, -0.15) is 4.31 Å². The van der Waals surface area contributed by atoms with E-state index < -0.39 is 10.0 Å². The van der Waals surface area contributed by atoms with Crippen molar-refractivity contribution in [3.05, 3.63) is 57.9 Å². The minimum Gasteiger partial charge on any atom is -0.379 e. The van der Waals surface area contributed by atoms with Gasteiger partial charge in [0, 0.05) is 38.6 Å². The standard InChI is InChI=1S/C24H35N3O3S/c1-18-19(2)21(4)24(22(5)20(18)3)31(28,29)27(17-23-7-9-25-10-8-23)12-6-11-26-13-15-30-16-14-26/h7-10H,6,11-17H2,1-5H3. The van der Waals surface area contributed by atoms with Crippen LogP contribution in [0.25, 0.3) is 0 Å². The summed E-state index contributed by atoms with van der Waals surface area (Å²) in [6, 6.07) is 3.77. The third-order valence-electron chi connectivity index (χ3n) is 6.62. The van der Waals surface area contributed by atoms with Crippen LogP contribution in [0.15, 0.2) is 29.4 Å². The molecule has 1 fully saturated rings. The highest BCUT2D eigenvalue weighted by Gasteiger charge is 2.30. The Bertz CT molecular complexity index is 971. The lowest BCUT2D eigenvalue weighted by molar-refractivity contribution is 0.0368. The molecule has 0 aliphatic carbocycles. The van der Waals surface area contributed by atoms with Gasteiger partial charge in [-0.05, 0) is 93.1 Å². The summed E-state index contributed by atoms with van der Waals surface area (Å²) in [4.78, 5) is 6.88. The average Bonchev–Trinajstić information content (AvgIpc) is 2.77. The first kappa shape index (κ1) is 23.9. The highest BCUT2D eigenvalue weighted by Crippen LogP contribution is 2.32. The fourth-order valence-electron chi connectivity index (χ4n) is 4.25.